The van der Waals surface area contributed by atoms with E-state index in [9.17, 15) is 9.90 Å². The number of carboxylic acid groups (broad SMARTS) is 1. The van der Waals surface area contributed by atoms with Crippen LogP contribution in [0.3, 0.4) is 0 Å². The van der Waals surface area contributed by atoms with Crippen LogP contribution in [0.1, 0.15) is 32.3 Å². The van der Waals surface area contributed by atoms with Crippen LogP contribution in [0.15, 0.2) is 72.3 Å². The lowest BCUT2D eigenvalue weighted by Gasteiger charge is -2.13. The van der Waals surface area contributed by atoms with Crippen molar-refractivity contribution in [1.82, 2.24) is 0 Å². The first-order valence-electron chi connectivity index (χ1n) is 8.69. The van der Waals surface area contributed by atoms with Crippen molar-refractivity contribution in [3.63, 3.8) is 0 Å². The lowest BCUT2D eigenvalue weighted by Crippen LogP contribution is -2.03. The molecule has 0 atom stereocenters. The van der Waals surface area contributed by atoms with E-state index in [-0.39, 0.29) is 0 Å². The first-order chi connectivity index (χ1) is 12.2. The molecule has 0 spiro atoms. The zero-order valence-electron chi connectivity index (χ0n) is 14.6. The maximum Gasteiger partial charge on any atom is 0.331 e. The fourth-order valence-electron chi connectivity index (χ4n) is 3.44. The lowest BCUT2D eigenvalue weighted by atomic mass is 9.92. The molecule has 126 valence electrons. The van der Waals surface area contributed by atoms with Crippen LogP contribution < -0.4 is 0 Å². The Kier molecular flexibility index (Phi) is 4.99. The van der Waals surface area contributed by atoms with Gasteiger partial charge in [-0.2, -0.15) is 0 Å². The molecular formula is C23H22O2. The van der Waals surface area contributed by atoms with E-state index in [4.69, 9.17) is 0 Å². The van der Waals surface area contributed by atoms with Gasteiger partial charge in [0.25, 0.3) is 0 Å². The Balaban J connectivity index is 2.18. The van der Waals surface area contributed by atoms with Crippen LogP contribution >= 0.6 is 0 Å². The van der Waals surface area contributed by atoms with Crippen molar-refractivity contribution < 1.29 is 9.90 Å². The smallest absolute Gasteiger partial charge is 0.331 e. The van der Waals surface area contributed by atoms with Gasteiger partial charge < -0.3 is 5.11 Å². The fourth-order valence-corrected chi connectivity index (χ4v) is 3.44. The fraction of sp³-hybridized carbons (Fsp3) is 0.174. The standard InChI is InChI=1S/C23H22O2/c1-3-19(20(4-2)23(24)25)17-11-7-12-18(15-17)22-14-8-10-16-9-5-6-13-21(16)22/h5-15H,3-4H2,1-2H3,(H,24,25)/b20-19+. The highest BCUT2D eigenvalue weighted by molar-refractivity contribution is 5.99. The first-order valence-corrected chi connectivity index (χ1v) is 8.69. The molecule has 0 saturated carbocycles. The number of benzene rings is 3. The monoisotopic (exact) mass is 330 g/mol. The summed E-state index contributed by atoms with van der Waals surface area (Å²) in [7, 11) is 0. The van der Waals surface area contributed by atoms with Crippen molar-refractivity contribution >= 4 is 22.3 Å². The summed E-state index contributed by atoms with van der Waals surface area (Å²) in [5.74, 6) is -0.824. The molecule has 3 aromatic carbocycles. The predicted octanol–water partition coefficient (Wildman–Crippen LogP) is 6.17. The van der Waals surface area contributed by atoms with E-state index in [2.05, 4.69) is 42.5 Å². The normalized spacial score (nSPS) is 12.1. The van der Waals surface area contributed by atoms with Gasteiger partial charge in [0.1, 0.15) is 0 Å². The molecule has 0 aliphatic heterocycles. The summed E-state index contributed by atoms with van der Waals surface area (Å²) < 4.78 is 0. The Labute approximate surface area is 148 Å². The van der Waals surface area contributed by atoms with Gasteiger partial charge in [-0.05, 0) is 51.9 Å². The van der Waals surface area contributed by atoms with Gasteiger partial charge in [-0.25, -0.2) is 4.79 Å². The molecular weight excluding hydrogens is 308 g/mol. The molecule has 1 N–H and O–H groups in total. The third-order valence-corrected chi connectivity index (χ3v) is 4.64. The Morgan fingerprint density at radius 1 is 0.880 bits per heavy atom. The average Bonchev–Trinajstić information content (AvgIpc) is 2.65. The molecule has 3 rings (SSSR count). The van der Waals surface area contributed by atoms with Crippen LogP contribution in [0.4, 0.5) is 0 Å². The summed E-state index contributed by atoms with van der Waals surface area (Å²) in [5.41, 5.74) is 4.69. The number of hydrogen-bond donors (Lipinski definition) is 1. The number of allylic oxidation sites excluding steroid dienone is 1. The lowest BCUT2D eigenvalue weighted by molar-refractivity contribution is -0.132. The molecule has 0 bridgehead atoms. The SMILES string of the molecule is CC/C(C(=O)O)=C(/CC)c1cccc(-c2cccc3ccccc23)c1. The van der Waals surface area contributed by atoms with Gasteiger partial charge in [-0.1, -0.05) is 74.5 Å². The highest BCUT2D eigenvalue weighted by atomic mass is 16.4. The molecule has 0 saturated heterocycles. The molecule has 0 radical (unpaired) electrons. The van der Waals surface area contributed by atoms with Gasteiger partial charge in [0.2, 0.25) is 0 Å². The largest absolute Gasteiger partial charge is 0.478 e. The molecule has 0 heterocycles. The topological polar surface area (TPSA) is 37.3 Å². The molecule has 3 aromatic rings. The molecule has 2 nitrogen and oxygen atoms in total. The summed E-state index contributed by atoms with van der Waals surface area (Å²) in [4.78, 5) is 11.6. The highest BCUT2D eigenvalue weighted by Gasteiger charge is 2.14. The van der Waals surface area contributed by atoms with E-state index < -0.39 is 5.97 Å². The van der Waals surface area contributed by atoms with Crippen molar-refractivity contribution in [3.8, 4) is 11.1 Å². The molecule has 0 aliphatic rings. The van der Waals surface area contributed by atoms with Crippen molar-refractivity contribution in [1.29, 1.82) is 0 Å². The summed E-state index contributed by atoms with van der Waals surface area (Å²) in [6.07, 6.45) is 1.23. The van der Waals surface area contributed by atoms with Crippen molar-refractivity contribution in [3.05, 3.63) is 77.9 Å². The van der Waals surface area contributed by atoms with Gasteiger partial charge in [0.05, 0.1) is 0 Å². The average molecular weight is 330 g/mol. The second-order valence-corrected chi connectivity index (χ2v) is 6.08. The third kappa shape index (κ3) is 3.34. The van der Waals surface area contributed by atoms with Crippen molar-refractivity contribution in [2.24, 2.45) is 0 Å². The van der Waals surface area contributed by atoms with Gasteiger partial charge >= 0.3 is 5.97 Å². The molecule has 2 heteroatoms. The summed E-state index contributed by atoms with van der Waals surface area (Å²) in [6.45, 7) is 3.91. The molecule has 0 unspecified atom stereocenters. The van der Waals surface area contributed by atoms with Crippen LogP contribution in [-0.2, 0) is 4.79 Å². The molecule has 0 aromatic heterocycles. The Morgan fingerprint density at radius 3 is 2.32 bits per heavy atom. The van der Waals surface area contributed by atoms with Gasteiger partial charge in [0.15, 0.2) is 0 Å². The van der Waals surface area contributed by atoms with E-state index in [1.54, 1.807) is 0 Å². The molecule has 0 aliphatic carbocycles. The second-order valence-electron chi connectivity index (χ2n) is 6.08. The number of rotatable bonds is 5. The molecule has 0 fully saturated rings. The maximum atomic E-state index is 11.6. The van der Waals surface area contributed by atoms with Gasteiger partial charge in [-0.15, -0.1) is 0 Å². The summed E-state index contributed by atoms with van der Waals surface area (Å²) >= 11 is 0. The molecule has 0 amide bonds. The Morgan fingerprint density at radius 2 is 1.60 bits per heavy atom. The van der Waals surface area contributed by atoms with Gasteiger partial charge in [-0.3, -0.25) is 0 Å². The van der Waals surface area contributed by atoms with Gasteiger partial charge in [0, 0.05) is 5.57 Å². The Hall–Kier alpha value is -2.87. The predicted molar refractivity (Wildman–Crippen MR) is 105 cm³/mol. The minimum absolute atomic E-state index is 0.498. The summed E-state index contributed by atoms with van der Waals surface area (Å²) in [5, 5.41) is 11.9. The highest BCUT2D eigenvalue weighted by Crippen LogP contribution is 2.32. The zero-order chi connectivity index (χ0) is 17.8. The number of carboxylic acids is 1. The first kappa shape index (κ1) is 17.0. The third-order valence-electron chi connectivity index (χ3n) is 4.64. The van der Waals surface area contributed by atoms with E-state index in [0.717, 1.165) is 16.7 Å². The molecule has 25 heavy (non-hydrogen) atoms. The van der Waals surface area contributed by atoms with Crippen molar-refractivity contribution in [2.75, 3.05) is 0 Å². The zero-order valence-corrected chi connectivity index (χ0v) is 14.6. The number of aliphatic carboxylic acids is 1. The number of fused-ring (bicyclic) bond motifs is 1. The van der Waals surface area contributed by atoms with E-state index >= 15 is 0 Å². The maximum absolute atomic E-state index is 11.6. The summed E-state index contributed by atoms with van der Waals surface area (Å²) in [6, 6.07) is 22.8. The van der Waals surface area contributed by atoms with E-state index in [1.165, 1.54) is 16.3 Å². The van der Waals surface area contributed by atoms with Crippen LogP contribution in [0.5, 0.6) is 0 Å². The van der Waals surface area contributed by atoms with E-state index in [1.807, 2.05) is 38.1 Å². The Bertz CT molecular complexity index is 946. The second kappa shape index (κ2) is 7.35. The van der Waals surface area contributed by atoms with Crippen LogP contribution in [-0.4, -0.2) is 11.1 Å². The van der Waals surface area contributed by atoms with E-state index in [0.29, 0.717) is 18.4 Å². The van der Waals surface area contributed by atoms with Crippen molar-refractivity contribution in [2.45, 2.75) is 26.7 Å². The minimum atomic E-state index is -0.824. The van der Waals surface area contributed by atoms with Crippen LogP contribution in [0.25, 0.3) is 27.5 Å². The quantitative estimate of drug-likeness (QED) is 0.568. The van der Waals surface area contributed by atoms with Crippen LogP contribution in [0, 0.1) is 0 Å². The number of carbonyl (C=O) groups is 1. The minimum Gasteiger partial charge on any atom is -0.478 e. The number of hydrogen-bond acceptors (Lipinski definition) is 1. The van der Waals surface area contributed by atoms with Crippen LogP contribution in [0.2, 0.25) is 0 Å².